The Hall–Kier alpha value is -2.56. The molecule has 0 heterocycles. The van der Waals surface area contributed by atoms with Crippen LogP contribution in [0.4, 0.5) is 0 Å². The van der Waals surface area contributed by atoms with Crippen LogP contribution in [0.3, 0.4) is 0 Å². The van der Waals surface area contributed by atoms with Crippen molar-refractivity contribution < 1.29 is 9.47 Å². The number of hydrogen-bond acceptors (Lipinski definition) is 4. The SMILES string of the molecule is COc1ccc(CNC(CN)Cc2cccc3ccccc23)c(OC)c1. The molecule has 0 amide bonds. The summed E-state index contributed by atoms with van der Waals surface area (Å²) in [6.07, 6.45) is 0.885. The summed E-state index contributed by atoms with van der Waals surface area (Å²) in [6, 6.07) is 21.0. The van der Waals surface area contributed by atoms with Gasteiger partial charge < -0.3 is 20.5 Å². The molecule has 4 nitrogen and oxygen atoms in total. The highest BCUT2D eigenvalue weighted by Crippen LogP contribution is 2.25. The Bertz CT molecular complexity index is 858. The van der Waals surface area contributed by atoms with E-state index in [1.54, 1.807) is 14.2 Å². The van der Waals surface area contributed by atoms with Crippen LogP contribution in [0.25, 0.3) is 10.8 Å². The fraction of sp³-hybridized carbons (Fsp3) is 0.273. The van der Waals surface area contributed by atoms with Crippen LogP contribution in [0.15, 0.2) is 60.7 Å². The van der Waals surface area contributed by atoms with Crippen molar-refractivity contribution in [2.45, 2.75) is 19.0 Å². The van der Waals surface area contributed by atoms with Crippen LogP contribution in [-0.4, -0.2) is 26.8 Å². The van der Waals surface area contributed by atoms with Crippen LogP contribution < -0.4 is 20.5 Å². The van der Waals surface area contributed by atoms with Gasteiger partial charge in [-0.3, -0.25) is 0 Å². The molecule has 4 heteroatoms. The maximum atomic E-state index is 6.03. The first kappa shape index (κ1) is 18.2. The van der Waals surface area contributed by atoms with E-state index in [9.17, 15) is 0 Å². The third-order valence-electron chi connectivity index (χ3n) is 4.71. The zero-order valence-corrected chi connectivity index (χ0v) is 15.4. The first-order valence-corrected chi connectivity index (χ1v) is 8.86. The van der Waals surface area contributed by atoms with Crippen molar-refractivity contribution in [2.24, 2.45) is 5.73 Å². The van der Waals surface area contributed by atoms with Crippen LogP contribution in [0, 0.1) is 0 Å². The molecule has 1 unspecified atom stereocenters. The Kier molecular flexibility index (Phi) is 6.10. The molecule has 0 aliphatic heterocycles. The predicted octanol–water partition coefficient (Wildman–Crippen LogP) is 3.52. The Morgan fingerprint density at radius 2 is 1.73 bits per heavy atom. The van der Waals surface area contributed by atoms with Crippen molar-refractivity contribution in [2.75, 3.05) is 20.8 Å². The third-order valence-corrected chi connectivity index (χ3v) is 4.71. The maximum absolute atomic E-state index is 6.03. The predicted molar refractivity (Wildman–Crippen MR) is 107 cm³/mol. The highest BCUT2D eigenvalue weighted by molar-refractivity contribution is 5.85. The summed E-state index contributed by atoms with van der Waals surface area (Å²) in [4.78, 5) is 0. The quantitative estimate of drug-likeness (QED) is 0.653. The number of fused-ring (bicyclic) bond motifs is 1. The van der Waals surface area contributed by atoms with Crippen molar-refractivity contribution in [1.29, 1.82) is 0 Å². The topological polar surface area (TPSA) is 56.5 Å². The van der Waals surface area contributed by atoms with Gasteiger partial charge in [-0.25, -0.2) is 0 Å². The molecule has 136 valence electrons. The summed E-state index contributed by atoms with van der Waals surface area (Å²) in [6.45, 7) is 1.27. The molecule has 0 saturated heterocycles. The number of methoxy groups -OCH3 is 2. The van der Waals surface area contributed by atoms with Crippen molar-refractivity contribution >= 4 is 10.8 Å². The number of nitrogens with one attached hydrogen (secondary N) is 1. The van der Waals surface area contributed by atoms with Gasteiger partial charge in [-0.1, -0.05) is 48.5 Å². The van der Waals surface area contributed by atoms with Crippen molar-refractivity contribution in [1.82, 2.24) is 5.32 Å². The monoisotopic (exact) mass is 350 g/mol. The molecule has 1 atom stereocenters. The van der Waals surface area contributed by atoms with Gasteiger partial charge in [0.25, 0.3) is 0 Å². The Morgan fingerprint density at radius 1 is 0.923 bits per heavy atom. The molecule has 0 aliphatic carbocycles. The van der Waals surface area contributed by atoms with E-state index in [-0.39, 0.29) is 6.04 Å². The first-order valence-electron chi connectivity index (χ1n) is 8.86. The van der Waals surface area contributed by atoms with E-state index in [0.717, 1.165) is 23.5 Å². The van der Waals surface area contributed by atoms with Gasteiger partial charge in [0, 0.05) is 30.8 Å². The van der Waals surface area contributed by atoms with Gasteiger partial charge >= 0.3 is 0 Å². The van der Waals surface area contributed by atoms with Crippen LogP contribution in [0.1, 0.15) is 11.1 Å². The molecule has 0 aromatic heterocycles. The minimum atomic E-state index is 0.188. The zero-order chi connectivity index (χ0) is 18.4. The molecule has 0 saturated carbocycles. The summed E-state index contributed by atoms with van der Waals surface area (Å²) < 4.78 is 10.7. The lowest BCUT2D eigenvalue weighted by Gasteiger charge is -2.19. The van der Waals surface area contributed by atoms with E-state index >= 15 is 0 Å². The van der Waals surface area contributed by atoms with Gasteiger partial charge in [0.05, 0.1) is 14.2 Å². The molecule has 0 spiro atoms. The molecular weight excluding hydrogens is 324 g/mol. The summed E-state index contributed by atoms with van der Waals surface area (Å²) in [7, 11) is 3.33. The molecule has 3 aromatic rings. The van der Waals surface area contributed by atoms with Gasteiger partial charge in [-0.2, -0.15) is 0 Å². The number of nitrogens with two attached hydrogens (primary N) is 1. The second kappa shape index (κ2) is 8.70. The van der Waals surface area contributed by atoms with Gasteiger partial charge in [0.15, 0.2) is 0 Å². The standard InChI is InChI=1S/C22H26N2O2/c1-25-20-11-10-18(22(13-20)26-2)15-24-19(14-23)12-17-8-5-7-16-6-3-4-9-21(16)17/h3-11,13,19,24H,12,14-15,23H2,1-2H3. The molecule has 3 N–H and O–H groups in total. The number of hydrogen-bond donors (Lipinski definition) is 2. The number of benzene rings is 3. The van der Waals surface area contributed by atoms with Crippen LogP contribution in [0.5, 0.6) is 11.5 Å². The normalized spacial score (nSPS) is 12.1. The minimum absolute atomic E-state index is 0.188. The van der Waals surface area contributed by atoms with Gasteiger partial charge in [-0.15, -0.1) is 0 Å². The van der Waals surface area contributed by atoms with E-state index in [2.05, 4.69) is 47.8 Å². The number of ether oxygens (including phenoxy) is 2. The molecule has 0 bridgehead atoms. The molecule has 0 fully saturated rings. The highest BCUT2D eigenvalue weighted by Gasteiger charge is 2.12. The summed E-state index contributed by atoms with van der Waals surface area (Å²) in [5.41, 5.74) is 8.43. The molecular formula is C22H26N2O2. The smallest absolute Gasteiger partial charge is 0.127 e. The minimum Gasteiger partial charge on any atom is -0.497 e. The van der Waals surface area contributed by atoms with E-state index in [4.69, 9.17) is 15.2 Å². The van der Waals surface area contributed by atoms with Gasteiger partial charge in [-0.05, 0) is 28.8 Å². The van der Waals surface area contributed by atoms with Crippen LogP contribution in [0.2, 0.25) is 0 Å². The van der Waals surface area contributed by atoms with Crippen molar-refractivity contribution in [3.05, 3.63) is 71.8 Å². The van der Waals surface area contributed by atoms with Crippen molar-refractivity contribution in [3.63, 3.8) is 0 Å². The molecule has 26 heavy (non-hydrogen) atoms. The summed E-state index contributed by atoms with van der Waals surface area (Å²) >= 11 is 0. The van der Waals surface area contributed by atoms with Crippen molar-refractivity contribution in [3.8, 4) is 11.5 Å². The van der Waals surface area contributed by atoms with E-state index < -0.39 is 0 Å². The maximum Gasteiger partial charge on any atom is 0.127 e. The molecule has 0 aliphatic rings. The molecule has 0 radical (unpaired) electrons. The third kappa shape index (κ3) is 4.15. The second-order valence-electron chi connectivity index (χ2n) is 6.33. The highest BCUT2D eigenvalue weighted by atomic mass is 16.5. The lowest BCUT2D eigenvalue weighted by Crippen LogP contribution is -2.37. The first-order chi connectivity index (χ1) is 12.7. The lowest BCUT2D eigenvalue weighted by atomic mass is 9.98. The second-order valence-corrected chi connectivity index (χ2v) is 6.33. The Balaban J connectivity index is 1.72. The fourth-order valence-corrected chi connectivity index (χ4v) is 3.23. The Morgan fingerprint density at radius 3 is 2.50 bits per heavy atom. The average Bonchev–Trinajstić information content (AvgIpc) is 2.71. The van der Waals surface area contributed by atoms with Gasteiger partial charge in [0.1, 0.15) is 11.5 Å². The summed E-state index contributed by atoms with van der Waals surface area (Å²) in [5, 5.41) is 6.12. The number of rotatable bonds is 8. The fourth-order valence-electron chi connectivity index (χ4n) is 3.23. The van der Waals surface area contributed by atoms with E-state index in [1.165, 1.54) is 16.3 Å². The van der Waals surface area contributed by atoms with Gasteiger partial charge in [0.2, 0.25) is 0 Å². The zero-order valence-electron chi connectivity index (χ0n) is 15.4. The Labute approximate surface area is 154 Å². The van der Waals surface area contributed by atoms with Crippen LogP contribution in [-0.2, 0) is 13.0 Å². The lowest BCUT2D eigenvalue weighted by molar-refractivity contribution is 0.388. The summed E-state index contributed by atoms with van der Waals surface area (Å²) in [5.74, 6) is 1.61. The molecule has 3 rings (SSSR count). The van der Waals surface area contributed by atoms with E-state index in [0.29, 0.717) is 13.1 Å². The largest absolute Gasteiger partial charge is 0.497 e. The van der Waals surface area contributed by atoms with E-state index in [1.807, 2.05) is 18.2 Å². The van der Waals surface area contributed by atoms with Crippen LogP contribution >= 0.6 is 0 Å². The average molecular weight is 350 g/mol. The molecule has 3 aromatic carbocycles.